The molecule has 0 spiro atoms. The molecule has 1 fully saturated rings. The minimum atomic E-state index is -3.83. The van der Waals surface area contributed by atoms with Crippen molar-refractivity contribution in [3.05, 3.63) is 36.4 Å². The standard InChI is InChI=1S/C21H24N2O5S/c1-2-16-9-3-4-12-22(16)19(24)14-28-20(25)13-23-17-10-5-7-15-8-6-11-18(21(15)17)29(23,26)27/h5-8,10-11,16H,2-4,9,12-14H2,1H3/t16-/m0/s1. The summed E-state index contributed by atoms with van der Waals surface area (Å²) in [5, 5.41) is 1.41. The van der Waals surface area contributed by atoms with Gasteiger partial charge in [-0.25, -0.2) is 8.42 Å². The fourth-order valence-corrected chi connectivity index (χ4v) is 5.92. The highest BCUT2D eigenvalue weighted by atomic mass is 32.2. The summed E-state index contributed by atoms with van der Waals surface area (Å²) in [6, 6.07) is 10.5. The van der Waals surface area contributed by atoms with Gasteiger partial charge in [0.25, 0.3) is 15.9 Å². The van der Waals surface area contributed by atoms with E-state index in [1.807, 2.05) is 19.1 Å². The van der Waals surface area contributed by atoms with Gasteiger partial charge in [0, 0.05) is 18.0 Å². The van der Waals surface area contributed by atoms with Gasteiger partial charge in [0.05, 0.1) is 10.6 Å². The van der Waals surface area contributed by atoms with Gasteiger partial charge in [-0.15, -0.1) is 0 Å². The molecule has 0 radical (unpaired) electrons. The summed E-state index contributed by atoms with van der Waals surface area (Å²) in [6.45, 7) is 1.90. The zero-order valence-electron chi connectivity index (χ0n) is 16.3. The Morgan fingerprint density at radius 3 is 2.66 bits per heavy atom. The second-order valence-electron chi connectivity index (χ2n) is 7.45. The molecule has 0 N–H and O–H groups in total. The number of rotatable bonds is 5. The van der Waals surface area contributed by atoms with E-state index in [0.717, 1.165) is 35.4 Å². The number of ether oxygens (including phenoxy) is 1. The van der Waals surface area contributed by atoms with E-state index in [9.17, 15) is 18.0 Å². The molecule has 2 aliphatic rings. The molecule has 7 nitrogen and oxygen atoms in total. The van der Waals surface area contributed by atoms with E-state index in [1.165, 1.54) is 6.07 Å². The monoisotopic (exact) mass is 416 g/mol. The van der Waals surface area contributed by atoms with Crippen LogP contribution in [0.4, 0.5) is 5.69 Å². The largest absolute Gasteiger partial charge is 0.454 e. The van der Waals surface area contributed by atoms with Crippen LogP contribution in [0.1, 0.15) is 32.6 Å². The molecule has 29 heavy (non-hydrogen) atoms. The van der Waals surface area contributed by atoms with E-state index in [0.29, 0.717) is 17.6 Å². The smallest absolute Gasteiger partial charge is 0.327 e. The third-order valence-corrected chi connectivity index (χ3v) is 7.53. The number of carbonyl (C=O) groups excluding carboxylic acids is 2. The van der Waals surface area contributed by atoms with Gasteiger partial charge in [-0.2, -0.15) is 0 Å². The fourth-order valence-electron chi connectivity index (χ4n) is 4.27. The molecule has 2 aromatic rings. The molecular formula is C21H24N2O5S. The van der Waals surface area contributed by atoms with Crippen LogP contribution in [0.2, 0.25) is 0 Å². The molecule has 0 unspecified atom stereocenters. The van der Waals surface area contributed by atoms with Gasteiger partial charge in [-0.1, -0.05) is 31.2 Å². The molecule has 4 rings (SSSR count). The number of sulfonamides is 1. The SMILES string of the molecule is CC[C@H]1CCCCN1C(=O)COC(=O)CN1c2cccc3cccc(c23)S1(=O)=O. The summed E-state index contributed by atoms with van der Waals surface area (Å²) in [6.07, 6.45) is 3.88. The Labute approximate surface area is 170 Å². The lowest BCUT2D eigenvalue weighted by Gasteiger charge is -2.35. The van der Waals surface area contributed by atoms with Crippen molar-refractivity contribution in [3.8, 4) is 0 Å². The van der Waals surface area contributed by atoms with E-state index in [1.54, 1.807) is 23.1 Å². The number of nitrogens with zero attached hydrogens (tertiary/aromatic N) is 2. The topological polar surface area (TPSA) is 84.0 Å². The first kappa shape index (κ1) is 19.7. The van der Waals surface area contributed by atoms with E-state index in [2.05, 4.69) is 0 Å². The quantitative estimate of drug-likeness (QED) is 0.700. The lowest BCUT2D eigenvalue weighted by Crippen LogP contribution is -2.45. The van der Waals surface area contributed by atoms with E-state index in [-0.39, 0.29) is 23.5 Å². The van der Waals surface area contributed by atoms with Crippen LogP contribution < -0.4 is 4.31 Å². The maximum absolute atomic E-state index is 12.9. The molecule has 1 saturated heterocycles. The molecule has 0 aliphatic carbocycles. The maximum Gasteiger partial charge on any atom is 0.327 e. The zero-order valence-corrected chi connectivity index (χ0v) is 17.2. The Bertz CT molecular complexity index is 1060. The van der Waals surface area contributed by atoms with Gasteiger partial charge < -0.3 is 9.64 Å². The Morgan fingerprint density at radius 1 is 1.14 bits per heavy atom. The Kier molecular flexibility index (Phi) is 5.21. The molecule has 2 heterocycles. The van der Waals surface area contributed by atoms with Crippen molar-refractivity contribution in [1.29, 1.82) is 0 Å². The number of benzene rings is 2. The summed E-state index contributed by atoms with van der Waals surface area (Å²) in [5.74, 6) is -0.962. The molecule has 2 aromatic carbocycles. The van der Waals surface area contributed by atoms with Gasteiger partial charge >= 0.3 is 5.97 Å². The molecule has 0 bridgehead atoms. The van der Waals surface area contributed by atoms with Crippen LogP contribution in [0.25, 0.3) is 10.8 Å². The Hall–Kier alpha value is -2.61. The maximum atomic E-state index is 12.9. The predicted octanol–water partition coefficient (Wildman–Crippen LogP) is 2.68. The number of anilines is 1. The Balaban J connectivity index is 1.45. The summed E-state index contributed by atoms with van der Waals surface area (Å²) in [5.41, 5.74) is 0.462. The van der Waals surface area contributed by atoms with Crippen molar-refractivity contribution in [2.45, 2.75) is 43.5 Å². The minimum absolute atomic E-state index is 0.181. The number of carbonyl (C=O) groups is 2. The molecule has 1 atom stereocenters. The number of likely N-dealkylation sites (tertiary alicyclic amines) is 1. The van der Waals surface area contributed by atoms with Gasteiger partial charge in [0.1, 0.15) is 6.54 Å². The van der Waals surface area contributed by atoms with Crippen LogP contribution >= 0.6 is 0 Å². The third-order valence-electron chi connectivity index (χ3n) is 5.73. The normalized spacial score (nSPS) is 20.1. The minimum Gasteiger partial charge on any atom is -0.454 e. The molecule has 0 saturated carbocycles. The van der Waals surface area contributed by atoms with E-state index < -0.39 is 22.5 Å². The Morgan fingerprint density at radius 2 is 1.90 bits per heavy atom. The van der Waals surface area contributed by atoms with Gasteiger partial charge in [-0.3, -0.25) is 13.9 Å². The molecule has 8 heteroatoms. The number of hydrogen-bond acceptors (Lipinski definition) is 5. The number of esters is 1. The molecule has 0 aromatic heterocycles. The van der Waals surface area contributed by atoms with Crippen molar-refractivity contribution >= 4 is 38.4 Å². The van der Waals surface area contributed by atoms with Crippen molar-refractivity contribution in [2.75, 3.05) is 24.0 Å². The van der Waals surface area contributed by atoms with Crippen molar-refractivity contribution in [1.82, 2.24) is 4.90 Å². The first-order chi connectivity index (χ1) is 13.9. The van der Waals surface area contributed by atoms with E-state index in [4.69, 9.17) is 4.74 Å². The predicted molar refractivity (Wildman–Crippen MR) is 109 cm³/mol. The van der Waals surface area contributed by atoms with Gasteiger partial charge in [0.15, 0.2) is 6.61 Å². The van der Waals surface area contributed by atoms with Crippen LogP contribution in [0, 0.1) is 0 Å². The highest BCUT2D eigenvalue weighted by molar-refractivity contribution is 7.93. The van der Waals surface area contributed by atoms with Crippen LogP contribution in [-0.2, 0) is 24.3 Å². The first-order valence-corrected chi connectivity index (χ1v) is 11.4. The third kappa shape index (κ3) is 3.46. The van der Waals surface area contributed by atoms with Crippen LogP contribution in [0.15, 0.2) is 41.3 Å². The zero-order chi connectivity index (χ0) is 20.6. The average Bonchev–Trinajstić information content (AvgIpc) is 2.95. The summed E-state index contributed by atoms with van der Waals surface area (Å²) >= 11 is 0. The summed E-state index contributed by atoms with van der Waals surface area (Å²) in [7, 11) is -3.83. The van der Waals surface area contributed by atoms with Crippen molar-refractivity contribution in [3.63, 3.8) is 0 Å². The summed E-state index contributed by atoms with van der Waals surface area (Å²) in [4.78, 5) is 26.8. The number of piperidine rings is 1. The summed E-state index contributed by atoms with van der Waals surface area (Å²) < 4.78 is 32.0. The van der Waals surface area contributed by atoms with E-state index >= 15 is 0 Å². The average molecular weight is 416 g/mol. The second-order valence-corrected chi connectivity index (χ2v) is 9.28. The van der Waals surface area contributed by atoms with Crippen LogP contribution in [0.3, 0.4) is 0 Å². The highest BCUT2D eigenvalue weighted by Gasteiger charge is 2.37. The molecular weight excluding hydrogens is 392 g/mol. The van der Waals surface area contributed by atoms with Crippen LogP contribution in [0.5, 0.6) is 0 Å². The number of amides is 1. The molecule has 2 aliphatic heterocycles. The van der Waals surface area contributed by atoms with Gasteiger partial charge in [-0.05, 0) is 43.2 Å². The van der Waals surface area contributed by atoms with Crippen LogP contribution in [-0.4, -0.2) is 50.9 Å². The van der Waals surface area contributed by atoms with Crippen molar-refractivity contribution < 1.29 is 22.7 Å². The lowest BCUT2D eigenvalue weighted by atomic mass is 10.00. The lowest BCUT2D eigenvalue weighted by molar-refractivity contribution is -0.152. The number of hydrogen-bond donors (Lipinski definition) is 0. The highest BCUT2D eigenvalue weighted by Crippen LogP contribution is 2.41. The second kappa shape index (κ2) is 7.67. The van der Waals surface area contributed by atoms with Gasteiger partial charge in [0.2, 0.25) is 0 Å². The fraction of sp³-hybridized carbons (Fsp3) is 0.429. The molecule has 154 valence electrons. The molecule has 1 amide bonds. The first-order valence-electron chi connectivity index (χ1n) is 9.93. The van der Waals surface area contributed by atoms with Crippen molar-refractivity contribution in [2.24, 2.45) is 0 Å².